The molecule has 11 nitrogen and oxygen atoms in total. The zero-order chi connectivity index (χ0) is 28.1. The molecule has 1 saturated carbocycles. The van der Waals surface area contributed by atoms with Crippen molar-refractivity contribution in [1.82, 2.24) is 25.0 Å². The van der Waals surface area contributed by atoms with Gasteiger partial charge in [-0.05, 0) is 25.0 Å². The summed E-state index contributed by atoms with van der Waals surface area (Å²) in [6, 6.07) is 1.42. The monoisotopic (exact) mass is 588 g/mol. The van der Waals surface area contributed by atoms with Crippen LogP contribution >= 0.6 is 22.9 Å². The van der Waals surface area contributed by atoms with E-state index in [1.807, 2.05) is 0 Å². The van der Waals surface area contributed by atoms with Crippen molar-refractivity contribution in [2.24, 2.45) is 4.99 Å². The number of thiazole rings is 1. The van der Waals surface area contributed by atoms with Crippen LogP contribution in [0.3, 0.4) is 0 Å². The largest absolute Gasteiger partial charge is 0.480 e. The Bertz CT molecular complexity index is 1430. The van der Waals surface area contributed by atoms with Crippen LogP contribution in [0.25, 0.3) is 0 Å². The van der Waals surface area contributed by atoms with Gasteiger partial charge in [0.25, 0.3) is 0 Å². The summed E-state index contributed by atoms with van der Waals surface area (Å²) < 4.78 is 19.0. The molecule has 4 heterocycles. The van der Waals surface area contributed by atoms with Crippen LogP contribution in [0.5, 0.6) is 0 Å². The second-order valence-corrected chi connectivity index (χ2v) is 11.4. The van der Waals surface area contributed by atoms with Crippen molar-refractivity contribution in [1.29, 1.82) is 0 Å². The number of hydrogen-bond acceptors (Lipinski definition) is 9. The summed E-state index contributed by atoms with van der Waals surface area (Å²) in [5, 5.41) is 15.9. The molecule has 2 N–H and O–H groups in total. The number of nitrogens with one attached hydrogen (secondary N) is 1. The van der Waals surface area contributed by atoms with E-state index in [0.29, 0.717) is 35.2 Å². The number of esters is 1. The van der Waals surface area contributed by atoms with Crippen LogP contribution in [0.1, 0.15) is 29.5 Å². The van der Waals surface area contributed by atoms with Crippen molar-refractivity contribution >= 4 is 46.7 Å². The number of aromatic nitrogens is 1. The Balaban J connectivity index is 1.40. The Morgan fingerprint density at radius 2 is 2.08 bits per heavy atom. The molecule has 40 heavy (non-hydrogen) atoms. The smallest absolute Gasteiger partial charge is 0.338 e. The van der Waals surface area contributed by atoms with Crippen LogP contribution in [0.4, 0.5) is 9.18 Å². The van der Waals surface area contributed by atoms with Crippen molar-refractivity contribution < 1.29 is 28.6 Å². The first-order valence-corrected chi connectivity index (χ1v) is 14.1. The lowest BCUT2D eigenvalue weighted by Gasteiger charge is -2.42. The Morgan fingerprint density at radius 3 is 2.73 bits per heavy atom. The van der Waals surface area contributed by atoms with Gasteiger partial charge in [0.15, 0.2) is 10.8 Å². The molecule has 2 amide bonds. The van der Waals surface area contributed by atoms with E-state index < -0.39 is 35.9 Å². The molecule has 3 atom stereocenters. The predicted octanol–water partition coefficient (Wildman–Crippen LogP) is 2.49. The van der Waals surface area contributed by atoms with Gasteiger partial charge in [-0.15, -0.1) is 11.3 Å². The summed E-state index contributed by atoms with van der Waals surface area (Å²) in [5.41, 5.74) is 0.892. The van der Waals surface area contributed by atoms with E-state index in [-0.39, 0.29) is 35.8 Å². The van der Waals surface area contributed by atoms with E-state index in [4.69, 9.17) is 21.3 Å². The highest BCUT2D eigenvalue weighted by atomic mass is 35.5. The number of ether oxygens (including phenoxy) is 1. The van der Waals surface area contributed by atoms with Crippen LogP contribution in [0.15, 0.2) is 46.0 Å². The number of amidine groups is 1. The molecule has 0 spiro atoms. The predicted molar refractivity (Wildman–Crippen MR) is 144 cm³/mol. The van der Waals surface area contributed by atoms with E-state index in [0.717, 1.165) is 18.9 Å². The van der Waals surface area contributed by atoms with Gasteiger partial charge in [0.1, 0.15) is 17.9 Å². The molecule has 1 unspecified atom stereocenters. The summed E-state index contributed by atoms with van der Waals surface area (Å²) in [5.74, 6) is -1.91. The molecule has 2 saturated heterocycles. The highest BCUT2D eigenvalue weighted by Gasteiger charge is 2.52. The van der Waals surface area contributed by atoms with Crippen LogP contribution in [-0.2, 0) is 14.3 Å². The molecule has 1 aromatic carbocycles. The second-order valence-electron chi connectivity index (χ2n) is 10.1. The van der Waals surface area contributed by atoms with Crippen molar-refractivity contribution in [3.63, 3.8) is 0 Å². The van der Waals surface area contributed by atoms with Crippen LogP contribution < -0.4 is 5.32 Å². The molecule has 3 aliphatic heterocycles. The van der Waals surface area contributed by atoms with Crippen molar-refractivity contribution in [3.05, 3.63) is 62.5 Å². The molecule has 0 radical (unpaired) electrons. The second kappa shape index (κ2) is 10.5. The Labute approximate surface area is 237 Å². The molecular weight excluding hydrogens is 563 g/mol. The number of halogens is 2. The maximum Gasteiger partial charge on any atom is 0.338 e. The van der Waals surface area contributed by atoms with E-state index in [1.54, 1.807) is 26.3 Å². The normalized spacial score (nSPS) is 25.0. The number of urea groups is 1. The maximum atomic E-state index is 13.9. The fourth-order valence-corrected chi connectivity index (χ4v) is 6.55. The molecule has 0 bridgehead atoms. The lowest BCUT2D eigenvalue weighted by atomic mass is 9.94. The number of aliphatic imine (C=N–C) groups is 1. The van der Waals surface area contributed by atoms with Gasteiger partial charge in [-0.1, -0.05) is 17.7 Å². The molecule has 2 aromatic rings. The third-order valence-electron chi connectivity index (χ3n) is 7.69. The van der Waals surface area contributed by atoms with Crippen LogP contribution in [-0.4, -0.2) is 100 Å². The van der Waals surface area contributed by atoms with Gasteiger partial charge in [-0.25, -0.2) is 19.0 Å². The first-order valence-electron chi connectivity index (χ1n) is 12.8. The van der Waals surface area contributed by atoms with Gasteiger partial charge >= 0.3 is 18.0 Å². The number of carboxylic acids is 1. The number of amides is 2. The zero-order valence-electron chi connectivity index (χ0n) is 21.4. The lowest BCUT2D eigenvalue weighted by molar-refractivity contribution is -0.147. The number of hydrogen-bond donors (Lipinski definition) is 2. The minimum absolute atomic E-state index is 0.0308. The van der Waals surface area contributed by atoms with E-state index in [1.165, 1.54) is 30.6 Å². The summed E-state index contributed by atoms with van der Waals surface area (Å²) in [6.45, 7) is 1.01. The van der Waals surface area contributed by atoms with E-state index in [2.05, 4.69) is 10.3 Å². The van der Waals surface area contributed by atoms with Crippen LogP contribution in [0, 0.1) is 5.82 Å². The Hall–Kier alpha value is -3.55. The molecular formula is C26H26ClFN6O5S. The topological polar surface area (TPSA) is 128 Å². The number of carboxylic acid groups (broad SMARTS) is 1. The number of rotatable bonds is 7. The zero-order valence-corrected chi connectivity index (χ0v) is 23.0. The minimum atomic E-state index is -1.05. The molecule has 3 fully saturated rings. The molecule has 6 rings (SSSR count). The SMILES string of the molecule is COC(=O)C1=C(CN2CCN3C(=O)N(C4CC4)CC3[C@H]2C(=O)O)NC(c2nccs2)=N[C@H]1c1ccc(F)cc1Cl. The van der Waals surface area contributed by atoms with Gasteiger partial charge in [-0.2, -0.15) is 0 Å². The number of nitrogens with zero attached hydrogens (tertiary/aromatic N) is 5. The number of carbonyl (C=O) groups is 3. The number of piperazine rings is 1. The average Bonchev–Trinajstić information content (AvgIpc) is 3.50. The maximum absolute atomic E-state index is 13.9. The fraction of sp³-hybridized carbons (Fsp3) is 0.423. The number of methoxy groups -OCH3 is 1. The summed E-state index contributed by atoms with van der Waals surface area (Å²) in [7, 11) is 1.24. The Morgan fingerprint density at radius 1 is 1.27 bits per heavy atom. The lowest BCUT2D eigenvalue weighted by Crippen LogP contribution is -2.62. The minimum Gasteiger partial charge on any atom is -0.480 e. The quantitative estimate of drug-likeness (QED) is 0.472. The van der Waals surface area contributed by atoms with Crippen molar-refractivity contribution in [3.8, 4) is 0 Å². The summed E-state index contributed by atoms with van der Waals surface area (Å²) >= 11 is 7.75. The highest BCUT2D eigenvalue weighted by molar-refractivity contribution is 7.11. The fourth-order valence-electron chi connectivity index (χ4n) is 5.70. The first kappa shape index (κ1) is 26.7. The molecule has 1 aromatic heterocycles. The first-order chi connectivity index (χ1) is 19.3. The number of aliphatic carboxylic acids is 1. The molecule has 14 heteroatoms. The summed E-state index contributed by atoms with van der Waals surface area (Å²) in [4.78, 5) is 53.1. The molecule has 1 aliphatic carbocycles. The van der Waals surface area contributed by atoms with Gasteiger partial charge in [0.05, 0.1) is 18.7 Å². The molecule has 4 aliphatic rings. The van der Waals surface area contributed by atoms with E-state index in [9.17, 15) is 23.9 Å². The molecule has 210 valence electrons. The van der Waals surface area contributed by atoms with Crippen molar-refractivity contribution in [2.75, 3.05) is 33.3 Å². The highest BCUT2D eigenvalue weighted by Crippen LogP contribution is 2.38. The summed E-state index contributed by atoms with van der Waals surface area (Å²) in [6.07, 6.45) is 3.48. The number of benzene rings is 1. The number of carbonyl (C=O) groups excluding carboxylic acids is 2. The standard InChI is InChI=1S/C26H26ClFN6O5S/c1-39-25(37)19-17(11-32-7-8-33-18(21(32)24(35)36)12-34(26(33)38)14-3-4-14)30-22(23-29-6-9-40-23)31-20(19)15-5-2-13(28)10-16(15)27/h2,5-6,9-10,14,18,20-21H,3-4,7-8,11-12H2,1H3,(H,30,31)(H,35,36)/t18?,20-,21-/m0/s1. The van der Waals surface area contributed by atoms with Crippen molar-refractivity contribution in [2.45, 2.75) is 37.0 Å². The van der Waals surface area contributed by atoms with Gasteiger partial charge in [-0.3, -0.25) is 14.7 Å². The van der Waals surface area contributed by atoms with Gasteiger partial charge in [0, 0.05) is 60.1 Å². The third-order valence-corrected chi connectivity index (χ3v) is 8.79. The third kappa shape index (κ3) is 4.71. The van der Waals surface area contributed by atoms with E-state index >= 15 is 0 Å². The van der Waals surface area contributed by atoms with Gasteiger partial charge < -0.3 is 25.0 Å². The Kier molecular flexibility index (Phi) is 6.97. The number of fused-ring (bicyclic) bond motifs is 1. The van der Waals surface area contributed by atoms with Gasteiger partial charge in [0.2, 0.25) is 0 Å². The average molecular weight is 589 g/mol. The van der Waals surface area contributed by atoms with Crippen LogP contribution in [0.2, 0.25) is 5.02 Å².